The molecule has 1 aliphatic heterocycles. The molecule has 1 aromatic carbocycles. The summed E-state index contributed by atoms with van der Waals surface area (Å²) in [5.74, 6) is 0.936. The first-order valence-electron chi connectivity index (χ1n) is 11.6. The molecule has 1 unspecified atom stereocenters. The van der Waals surface area contributed by atoms with Crippen LogP contribution in [-0.4, -0.2) is 56.2 Å². The summed E-state index contributed by atoms with van der Waals surface area (Å²) >= 11 is 0. The molecule has 35 heavy (non-hydrogen) atoms. The Hall–Kier alpha value is -3.57. The van der Waals surface area contributed by atoms with Crippen molar-refractivity contribution < 1.29 is 14.2 Å². The summed E-state index contributed by atoms with van der Waals surface area (Å²) < 4.78 is 20.4. The molecule has 182 valence electrons. The Labute approximate surface area is 200 Å². The molecule has 10 nitrogen and oxygen atoms in total. The van der Waals surface area contributed by atoms with Crippen LogP contribution in [0.5, 0.6) is 11.8 Å². The van der Waals surface area contributed by atoms with Crippen molar-refractivity contribution in [3.05, 3.63) is 36.2 Å². The lowest BCUT2D eigenvalue weighted by Gasteiger charge is -2.60. The fourth-order valence-electron chi connectivity index (χ4n) is 5.06. The first kappa shape index (κ1) is 21.9. The number of hydrogen-bond donors (Lipinski definition) is 4. The minimum Gasteiger partial charge on any atom is -0.421 e. The summed E-state index contributed by atoms with van der Waals surface area (Å²) in [5.41, 5.74) is 7.15. The van der Waals surface area contributed by atoms with Crippen molar-refractivity contribution in [2.24, 2.45) is 11.1 Å². The van der Waals surface area contributed by atoms with E-state index in [4.69, 9.17) is 15.5 Å². The highest BCUT2D eigenvalue weighted by Gasteiger charge is 2.54. The number of nitrogens with two attached hydrogens (primary N) is 1. The van der Waals surface area contributed by atoms with Crippen LogP contribution in [0.25, 0.3) is 21.9 Å². The minimum absolute atomic E-state index is 0.115. The van der Waals surface area contributed by atoms with Crippen molar-refractivity contribution in [3.63, 3.8) is 0 Å². The van der Waals surface area contributed by atoms with Gasteiger partial charge in [-0.3, -0.25) is 0 Å². The van der Waals surface area contributed by atoms with E-state index in [1.165, 1.54) is 24.5 Å². The summed E-state index contributed by atoms with van der Waals surface area (Å²) in [6.07, 6.45) is 5.07. The van der Waals surface area contributed by atoms with Crippen molar-refractivity contribution in [1.29, 1.82) is 0 Å². The minimum atomic E-state index is -1.17. The largest absolute Gasteiger partial charge is 0.421 e. The second-order valence-electron chi connectivity index (χ2n) is 10.1. The third-order valence-corrected chi connectivity index (χ3v) is 7.19. The van der Waals surface area contributed by atoms with Crippen LogP contribution in [-0.2, 0) is 5.60 Å². The van der Waals surface area contributed by atoms with Crippen LogP contribution in [0.1, 0.15) is 32.5 Å². The molecule has 1 spiro atoms. The van der Waals surface area contributed by atoms with Gasteiger partial charge in [-0.05, 0) is 38.8 Å². The number of H-pyrrole nitrogens is 1. The second-order valence-corrected chi connectivity index (χ2v) is 10.1. The van der Waals surface area contributed by atoms with Crippen LogP contribution in [0.2, 0.25) is 0 Å². The number of aromatic amines is 1. The molecule has 4 aromatic rings. The van der Waals surface area contributed by atoms with E-state index >= 15 is 0 Å². The Morgan fingerprint density at radius 3 is 2.60 bits per heavy atom. The van der Waals surface area contributed by atoms with Crippen LogP contribution in [0.4, 0.5) is 15.9 Å². The average molecular weight is 479 g/mol. The Morgan fingerprint density at radius 2 is 2.00 bits per heavy atom. The van der Waals surface area contributed by atoms with Gasteiger partial charge in [0, 0.05) is 37.0 Å². The Morgan fingerprint density at radius 1 is 1.26 bits per heavy atom. The smallest absolute Gasteiger partial charge is 0.326 e. The van der Waals surface area contributed by atoms with Gasteiger partial charge in [-0.15, -0.1) is 0 Å². The molecule has 1 atom stereocenters. The first-order chi connectivity index (χ1) is 16.7. The number of aromatic nitrogens is 5. The number of fused-ring (bicyclic) bond motifs is 3. The zero-order valence-corrected chi connectivity index (χ0v) is 19.8. The van der Waals surface area contributed by atoms with E-state index in [0.717, 1.165) is 36.8 Å². The second kappa shape index (κ2) is 7.46. The molecule has 0 bridgehead atoms. The van der Waals surface area contributed by atoms with E-state index in [1.807, 2.05) is 0 Å². The highest BCUT2D eigenvalue weighted by atomic mass is 19.1. The third-order valence-electron chi connectivity index (χ3n) is 7.19. The summed E-state index contributed by atoms with van der Waals surface area (Å²) in [7, 11) is 1.75. The average Bonchev–Trinajstić information content (AvgIpc) is 3.14. The Kier molecular flexibility index (Phi) is 4.68. The normalized spacial score (nSPS) is 19.1. The fourth-order valence-corrected chi connectivity index (χ4v) is 5.06. The number of nitrogens with zero attached hydrogens (tertiary/aromatic N) is 5. The molecule has 2 fully saturated rings. The maximum absolute atomic E-state index is 14.5. The molecule has 0 amide bonds. The number of nitrogens with one attached hydrogen (secondary N) is 2. The van der Waals surface area contributed by atoms with Crippen LogP contribution in [0, 0.1) is 11.2 Å². The lowest BCUT2D eigenvalue weighted by molar-refractivity contribution is 0.0559. The van der Waals surface area contributed by atoms with Gasteiger partial charge in [-0.1, -0.05) is 0 Å². The van der Waals surface area contributed by atoms with E-state index < -0.39 is 5.60 Å². The molecule has 1 saturated heterocycles. The van der Waals surface area contributed by atoms with Crippen LogP contribution >= 0.6 is 0 Å². The van der Waals surface area contributed by atoms with Gasteiger partial charge in [0.2, 0.25) is 0 Å². The zero-order valence-electron chi connectivity index (χ0n) is 19.8. The van der Waals surface area contributed by atoms with E-state index in [-0.39, 0.29) is 29.1 Å². The van der Waals surface area contributed by atoms with Crippen LogP contribution in [0.15, 0.2) is 24.5 Å². The number of aliphatic hydroxyl groups is 1. The Balaban J connectivity index is 1.44. The van der Waals surface area contributed by atoms with E-state index in [2.05, 4.69) is 30.2 Å². The SMILES string of the molecule is CNc1cc(F)cc2c1[nH]c1nc(Oc3cnc(C(C)(C)O)nc3)nc(N3CC4(CCC4N)C3)c12. The standard InChI is InChI=1S/C24H27FN8O2/c1-23(2,34)21-28-8-13(9-29-21)35-22-31-19-17(14-6-12(25)7-15(27-3)18(14)30-19)20(32-22)33-10-24(11-33)5-4-16(24)26/h6-9,16,27,34H,4-5,10-11,26H2,1-3H3,(H,30,31,32). The fraction of sp³-hybridized carbons (Fsp3) is 0.417. The third kappa shape index (κ3) is 3.45. The van der Waals surface area contributed by atoms with Crippen molar-refractivity contribution in [2.45, 2.75) is 38.3 Å². The monoisotopic (exact) mass is 478 g/mol. The number of rotatable bonds is 5. The maximum Gasteiger partial charge on any atom is 0.326 e. The topological polar surface area (TPSA) is 138 Å². The summed E-state index contributed by atoms with van der Waals surface area (Å²) in [4.78, 5) is 23.1. The van der Waals surface area contributed by atoms with Gasteiger partial charge in [-0.2, -0.15) is 9.97 Å². The van der Waals surface area contributed by atoms with Gasteiger partial charge in [0.05, 0.1) is 29.0 Å². The van der Waals surface area contributed by atoms with E-state index in [0.29, 0.717) is 28.3 Å². The summed E-state index contributed by atoms with van der Waals surface area (Å²) in [6.45, 7) is 4.78. The predicted octanol–water partition coefficient (Wildman–Crippen LogP) is 3.03. The maximum atomic E-state index is 14.5. The Bertz CT molecular complexity index is 1440. The van der Waals surface area contributed by atoms with Gasteiger partial charge in [0.25, 0.3) is 0 Å². The first-order valence-corrected chi connectivity index (χ1v) is 11.6. The molecule has 1 aliphatic carbocycles. The molecule has 6 rings (SSSR count). The highest BCUT2D eigenvalue weighted by Crippen LogP contribution is 2.50. The highest BCUT2D eigenvalue weighted by molar-refractivity contribution is 6.14. The van der Waals surface area contributed by atoms with Crippen molar-refractivity contribution in [2.75, 3.05) is 30.4 Å². The van der Waals surface area contributed by atoms with Crippen molar-refractivity contribution in [3.8, 4) is 11.8 Å². The predicted molar refractivity (Wildman–Crippen MR) is 130 cm³/mol. The molecule has 3 aromatic heterocycles. The number of benzene rings is 1. The van der Waals surface area contributed by atoms with Gasteiger partial charge in [0.15, 0.2) is 11.6 Å². The molecule has 5 N–H and O–H groups in total. The molecule has 2 aliphatic rings. The number of anilines is 2. The van der Waals surface area contributed by atoms with Crippen LogP contribution < -0.4 is 20.7 Å². The summed E-state index contributed by atoms with van der Waals surface area (Å²) in [5, 5.41) is 14.6. The number of hydrogen-bond acceptors (Lipinski definition) is 9. The van der Waals surface area contributed by atoms with E-state index in [9.17, 15) is 9.50 Å². The molecule has 4 heterocycles. The van der Waals surface area contributed by atoms with Gasteiger partial charge in [-0.25, -0.2) is 14.4 Å². The molecular formula is C24H27FN8O2. The van der Waals surface area contributed by atoms with Crippen molar-refractivity contribution >= 4 is 33.4 Å². The number of halogens is 1. The molecule has 1 saturated carbocycles. The van der Waals surface area contributed by atoms with Gasteiger partial charge < -0.3 is 30.8 Å². The van der Waals surface area contributed by atoms with Gasteiger partial charge >= 0.3 is 6.01 Å². The zero-order chi connectivity index (χ0) is 24.5. The lowest BCUT2D eigenvalue weighted by Crippen LogP contribution is -2.69. The van der Waals surface area contributed by atoms with Gasteiger partial charge in [0.1, 0.15) is 22.9 Å². The lowest BCUT2D eigenvalue weighted by atomic mass is 9.60. The molecular weight excluding hydrogens is 451 g/mol. The van der Waals surface area contributed by atoms with Crippen molar-refractivity contribution in [1.82, 2.24) is 24.9 Å². The van der Waals surface area contributed by atoms with E-state index in [1.54, 1.807) is 20.9 Å². The molecule has 11 heteroatoms. The molecule has 0 radical (unpaired) electrons. The van der Waals surface area contributed by atoms with Crippen LogP contribution in [0.3, 0.4) is 0 Å². The summed E-state index contributed by atoms with van der Waals surface area (Å²) in [6, 6.07) is 3.24. The number of ether oxygens (including phenoxy) is 1. The quantitative estimate of drug-likeness (QED) is 0.341.